The van der Waals surface area contributed by atoms with E-state index in [0.717, 1.165) is 33.2 Å². The van der Waals surface area contributed by atoms with Gasteiger partial charge in [-0.3, -0.25) is 4.57 Å². The van der Waals surface area contributed by atoms with Crippen molar-refractivity contribution >= 4 is 75.8 Å². The first-order valence-corrected chi connectivity index (χ1v) is 16.1. The van der Waals surface area contributed by atoms with Crippen molar-refractivity contribution in [3.05, 3.63) is 152 Å². The molecule has 0 saturated carbocycles. The minimum atomic E-state index is 0.685. The van der Waals surface area contributed by atoms with E-state index < -0.39 is 0 Å². The number of benzene rings is 9. The smallest absolute Gasteiger partial charge is 0.235 e. The fraction of sp³-hybridized carbons (Fsp3) is 0. The molecule has 9 aromatic carbocycles. The van der Waals surface area contributed by atoms with E-state index >= 15 is 0 Å². The van der Waals surface area contributed by atoms with Crippen LogP contribution in [0.25, 0.3) is 104 Å². The fourth-order valence-corrected chi connectivity index (χ4v) is 8.13. The molecule has 3 heteroatoms. The molecule has 0 fully saturated rings. The van der Waals surface area contributed by atoms with Crippen molar-refractivity contribution in [2.75, 3.05) is 0 Å². The molecule has 0 bridgehead atoms. The Hall–Kier alpha value is -6.32. The van der Waals surface area contributed by atoms with Gasteiger partial charge in [-0.25, -0.2) is 9.97 Å². The molecule has 11 aromatic rings. The van der Waals surface area contributed by atoms with Crippen LogP contribution in [0.2, 0.25) is 0 Å². The van der Waals surface area contributed by atoms with Crippen LogP contribution in [0.4, 0.5) is 0 Å². The number of fused-ring (bicyclic) bond motifs is 5. The maximum Gasteiger partial charge on any atom is 0.235 e. The van der Waals surface area contributed by atoms with Crippen molar-refractivity contribution in [2.45, 2.75) is 0 Å². The number of para-hydroxylation sites is 1. The lowest BCUT2D eigenvalue weighted by Gasteiger charge is -2.16. The Kier molecular flexibility index (Phi) is 4.84. The summed E-state index contributed by atoms with van der Waals surface area (Å²) in [6.07, 6.45) is 0. The summed E-state index contributed by atoms with van der Waals surface area (Å²) in [4.78, 5) is 10.6. The molecule has 0 atom stereocenters. The van der Waals surface area contributed by atoms with Crippen LogP contribution in [0.3, 0.4) is 0 Å². The van der Waals surface area contributed by atoms with Crippen molar-refractivity contribution in [3.63, 3.8) is 0 Å². The van der Waals surface area contributed by atoms with E-state index in [1.807, 2.05) is 0 Å². The molecule has 0 spiro atoms. The molecule has 216 valence electrons. The van der Waals surface area contributed by atoms with Gasteiger partial charge in [0.15, 0.2) is 0 Å². The highest BCUT2D eigenvalue weighted by Crippen LogP contribution is 2.49. The van der Waals surface area contributed by atoms with Gasteiger partial charge in [-0.15, -0.1) is 0 Å². The Morgan fingerprint density at radius 3 is 1.66 bits per heavy atom. The number of hydrogen-bond donors (Lipinski definition) is 0. The zero-order valence-electron chi connectivity index (χ0n) is 25.3. The minimum absolute atomic E-state index is 0.685. The third kappa shape index (κ3) is 3.30. The third-order valence-corrected chi connectivity index (χ3v) is 10.1. The average molecular weight is 596 g/mol. The van der Waals surface area contributed by atoms with E-state index in [2.05, 4.69) is 156 Å². The Balaban J connectivity index is 1.25. The molecular weight excluding hydrogens is 571 g/mol. The number of aromatic nitrogens is 3. The highest BCUT2D eigenvalue weighted by molar-refractivity contribution is 6.44. The first kappa shape index (κ1) is 24.9. The quantitative estimate of drug-likeness (QED) is 0.150. The molecule has 11 rings (SSSR count). The summed E-state index contributed by atoms with van der Waals surface area (Å²) in [5, 5.41) is 14.0. The Morgan fingerprint density at radius 2 is 0.872 bits per heavy atom. The number of hydrogen-bond acceptors (Lipinski definition) is 2. The molecule has 0 saturated heterocycles. The second-order valence-electron chi connectivity index (χ2n) is 12.5. The summed E-state index contributed by atoms with van der Waals surface area (Å²) < 4.78 is 2.29. The average Bonchev–Trinajstić information content (AvgIpc) is 3.49. The second-order valence-corrected chi connectivity index (χ2v) is 12.5. The Morgan fingerprint density at radius 1 is 0.319 bits per heavy atom. The van der Waals surface area contributed by atoms with Gasteiger partial charge in [0, 0.05) is 27.1 Å². The molecule has 0 aliphatic heterocycles. The van der Waals surface area contributed by atoms with Gasteiger partial charge in [-0.1, -0.05) is 133 Å². The van der Waals surface area contributed by atoms with Crippen molar-refractivity contribution < 1.29 is 0 Å². The van der Waals surface area contributed by atoms with E-state index in [9.17, 15) is 0 Å². The standard InChI is InChI=1S/C44H25N3/c1-2-10-26(11-3-1)27-20-22-28(23-21-27)43-35-14-6-7-18-36(35)45-44(46-43)47-37-19-9-17-33-32-16-8-15-31-29-12-4-5-13-30(29)34-24-25-38(47)42(40(33)37)41(34)39(31)32/h1-25H. The molecule has 3 nitrogen and oxygen atoms in total. The van der Waals surface area contributed by atoms with Crippen LogP contribution in [-0.2, 0) is 0 Å². The van der Waals surface area contributed by atoms with Crippen molar-refractivity contribution in [1.82, 2.24) is 14.5 Å². The summed E-state index contributed by atoms with van der Waals surface area (Å²) in [5.74, 6) is 0.685. The van der Waals surface area contributed by atoms with Crippen LogP contribution in [0, 0.1) is 0 Å². The lowest BCUT2D eigenvalue weighted by molar-refractivity contribution is 1.01. The van der Waals surface area contributed by atoms with Gasteiger partial charge in [0.25, 0.3) is 0 Å². The topological polar surface area (TPSA) is 30.7 Å². The Labute approximate surface area is 269 Å². The highest BCUT2D eigenvalue weighted by atomic mass is 15.2. The molecule has 47 heavy (non-hydrogen) atoms. The highest BCUT2D eigenvalue weighted by Gasteiger charge is 2.24. The fourth-order valence-electron chi connectivity index (χ4n) is 8.13. The SMILES string of the molecule is c1ccc(-c2ccc(-c3nc(-n4c5cccc6c7cccc8c9ccccc9c9ccc4c(c9c87)c65)nc4ccccc34)cc2)cc1. The van der Waals surface area contributed by atoms with Crippen molar-refractivity contribution in [2.24, 2.45) is 0 Å². The summed E-state index contributed by atoms with van der Waals surface area (Å²) >= 11 is 0. The van der Waals surface area contributed by atoms with Gasteiger partial charge in [-0.2, -0.15) is 0 Å². The lowest BCUT2D eigenvalue weighted by Crippen LogP contribution is -2.03. The second kappa shape index (κ2) is 9.12. The summed E-state index contributed by atoms with van der Waals surface area (Å²) in [6, 6.07) is 54.5. The van der Waals surface area contributed by atoms with Crippen molar-refractivity contribution in [3.8, 4) is 28.3 Å². The van der Waals surface area contributed by atoms with Crippen LogP contribution >= 0.6 is 0 Å². The largest absolute Gasteiger partial charge is 0.278 e. The van der Waals surface area contributed by atoms with Gasteiger partial charge < -0.3 is 0 Å². The van der Waals surface area contributed by atoms with Gasteiger partial charge >= 0.3 is 0 Å². The summed E-state index contributed by atoms with van der Waals surface area (Å²) in [6.45, 7) is 0. The molecule has 0 aliphatic rings. The lowest BCUT2D eigenvalue weighted by atomic mass is 9.86. The van der Waals surface area contributed by atoms with E-state index in [0.29, 0.717) is 5.95 Å². The monoisotopic (exact) mass is 595 g/mol. The third-order valence-electron chi connectivity index (χ3n) is 10.1. The maximum absolute atomic E-state index is 5.39. The molecule has 2 heterocycles. The van der Waals surface area contributed by atoms with E-state index in [1.54, 1.807) is 0 Å². The molecule has 0 amide bonds. The maximum atomic E-state index is 5.39. The zero-order valence-corrected chi connectivity index (χ0v) is 25.3. The first-order chi connectivity index (χ1) is 23.3. The van der Waals surface area contributed by atoms with Gasteiger partial charge in [-0.05, 0) is 67.0 Å². The molecule has 2 aromatic heterocycles. The summed E-state index contributed by atoms with van der Waals surface area (Å²) in [5.41, 5.74) is 7.58. The van der Waals surface area contributed by atoms with Crippen LogP contribution in [-0.4, -0.2) is 14.5 Å². The molecular formula is C44H25N3. The Bertz CT molecular complexity index is 2990. The van der Waals surface area contributed by atoms with Crippen molar-refractivity contribution in [1.29, 1.82) is 0 Å². The molecule has 0 unspecified atom stereocenters. The van der Waals surface area contributed by atoms with Crippen LogP contribution in [0.15, 0.2) is 152 Å². The van der Waals surface area contributed by atoms with Gasteiger partial charge in [0.1, 0.15) is 0 Å². The van der Waals surface area contributed by atoms with Crippen LogP contribution in [0.5, 0.6) is 0 Å². The van der Waals surface area contributed by atoms with Gasteiger partial charge in [0.2, 0.25) is 5.95 Å². The predicted octanol–water partition coefficient (Wildman–Crippen LogP) is 11.5. The minimum Gasteiger partial charge on any atom is -0.278 e. The van der Waals surface area contributed by atoms with Gasteiger partial charge in [0.05, 0.1) is 22.2 Å². The van der Waals surface area contributed by atoms with Crippen LogP contribution in [0.1, 0.15) is 0 Å². The predicted molar refractivity (Wildman–Crippen MR) is 197 cm³/mol. The zero-order chi connectivity index (χ0) is 30.6. The normalized spacial score (nSPS) is 12.3. The first-order valence-electron chi connectivity index (χ1n) is 16.1. The molecule has 0 aliphatic carbocycles. The van der Waals surface area contributed by atoms with Crippen LogP contribution < -0.4 is 0 Å². The van der Waals surface area contributed by atoms with E-state index in [-0.39, 0.29) is 0 Å². The van der Waals surface area contributed by atoms with E-state index in [4.69, 9.17) is 9.97 Å². The summed E-state index contributed by atoms with van der Waals surface area (Å²) in [7, 11) is 0. The number of rotatable bonds is 3. The number of nitrogens with zero attached hydrogens (tertiary/aromatic N) is 3. The molecule has 0 radical (unpaired) electrons. The molecule has 0 N–H and O–H groups in total. The van der Waals surface area contributed by atoms with E-state index in [1.165, 1.54) is 65.0 Å².